The summed E-state index contributed by atoms with van der Waals surface area (Å²) in [6.45, 7) is 1.81. The van der Waals surface area contributed by atoms with Crippen molar-refractivity contribution in [1.29, 1.82) is 0 Å². The summed E-state index contributed by atoms with van der Waals surface area (Å²) in [5.41, 5.74) is 0.486. The number of rotatable bonds is 8. The van der Waals surface area contributed by atoms with Crippen LogP contribution in [-0.4, -0.2) is 44.5 Å². The number of sulfonamides is 1. The van der Waals surface area contributed by atoms with Crippen LogP contribution in [0.4, 0.5) is 0 Å². The molecule has 150 valence electrons. The molecular formula is C20H24N2O4S2. The predicted octanol–water partition coefficient (Wildman–Crippen LogP) is 3.01. The summed E-state index contributed by atoms with van der Waals surface area (Å²) in [5, 5.41) is 2.00. The summed E-state index contributed by atoms with van der Waals surface area (Å²) < 4.78 is 33.0. The summed E-state index contributed by atoms with van der Waals surface area (Å²) in [6.07, 6.45) is 3.81. The number of carbonyl (C=O) groups excluding carboxylic acids is 1. The lowest BCUT2D eigenvalue weighted by molar-refractivity contribution is 0.0509. The van der Waals surface area contributed by atoms with E-state index in [4.69, 9.17) is 4.74 Å². The number of amides is 1. The van der Waals surface area contributed by atoms with Gasteiger partial charge in [0, 0.05) is 29.6 Å². The molecule has 1 N–H and O–H groups in total. The van der Waals surface area contributed by atoms with Gasteiger partial charge in [0.2, 0.25) is 10.0 Å². The van der Waals surface area contributed by atoms with Crippen LogP contribution in [-0.2, 0) is 21.3 Å². The molecule has 8 heteroatoms. The highest BCUT2D eigenvalue weighted by atomic mass is 32.2. The number of ether oxygens (including phenoxy) is 1. The molecule has 2 fully saturated rings. The van der Waals surface area contributed by atoms with Crippen molar-refractivity contribution in [2.75, 3.05) is 13.2 Å². The van der Waals surface area contributed by atoms with Gasteiger partial charge in [0.05, 0.1) is 17.5 Å². The van der Waals surface area contributed by atoms with E-state index in [2.05, 4.69) is 4.72 Å². The van der Waals surface area contributed by atoms with Crippen molar-refractivity contribution in [1.82, 2.24) is 9.62 Å². The molecule has 6 nitrogen and oxygen atoms in total. The molecule has 0 bridgehead atoms. The summed E-state index contributed by atoms with van der Waals surface area (Å²) in [7, 11) is -3.51. The maximum atomic E-state index is 13.1. The minimum atomic E-state index is -3.51. The Morgan fingerprint density at radius 3 is 2.57 bits per heavy atom. The van der Waals surface area contributed by atoms with Crippen molar-refractivity contribution in [3.63, 3.8) is 0 Å². The second kappa shape index (κ2) is 8.32. The Bertz CT molecular complexity index is 900. The summed E-state index contributed by atoms with van der Waals surface area (Å²) in [5.74, 6) is -0.108. The molecule has 2 heterocycles. The molecule has 1 unspecified atom stereocenters. The van der Waals surface area contributed by atoms with E-state index in [0.717, 1.165) is 37.2 Å². The standard InChI is InChI=1S/C20H24N2O4S2/c23-20(15-5-9-19(10-6-15)28(24,25)21-16-7-8-16)22(13-17-3-1-11-26-17)14-18-4-2-12-27-18/h2,4-6,9-10,12,16-17,21H,1,3,7-8,11,13-14H2. The van der Waals surface area contributed by atoms with E-state index in [1.807, 2.05) is 17.5 Å². The average Bonchev–Trinajstić information content (AvgIpc) is 3.13. The van der Waals surface area contributed by atoms with Crippen molar-refractivity contribution in [3.8, 4) is 0 Å². The number of nitrogens with zero attached hydrogens (tertiary/aromatic N) is 1. The van der Waals surface area contributed by atoms with E-state index >= 15 is 0 Å². The SMILES string of the molecule is O=C(c1ccc(S(=O)(=O)NC2CC2)cc1)N(Cc1cccs1)CC1CCCO1. The van der Waals surface area contributed by atoms with E-state index in [-0.39, 0.29) is 22.9 Å². The first-order valence-corrected chi connectivity index (χ1v) is 11.9. The second-order valence-electron chi connectivity index (χ2n) is 7.32. The molecule has 1 aromatic carbocycles. The van der Waals surface area contributed by atoms with Crippen LogP contribution in [0.2, 0.25) is 0 Å². The summed E-state index contributed by atoms with van der Waals surface area (Å²) >= 11 is 1.62. The molecule has 0 spiro atoms. The van der Waals surface area contributed by atoms with Gasteiger partial charge in [-0.15, -0.1) is 11.3 Å². The molecule has 1 saturated heterocycles. The number of hydrogen-bond acceptors (Lipinski definition) is 5. The Morgan fingerprint density at radius 1 is 1.18 bits per heavy atom. The minimum absolute atomic E-state index is 0.0546. The zero-order chi connectivity index (χ0) is 19.6. The fourth-order valence-electron chi connectivity index (χ4n) is 3.29. The van der Waals surface area contributed by atoms with Gasteiger partial charge in [-0.2, -0.15) is 0 Å². The third-order valence-electron chi connectivity index (χ3n) is 4.97. The molecule has 1 atom stereocenters. The minimum Gasteiger partial charge on any atom is -0.376 e. The van der Waals surface area contributed by atoms with Crippen LogP contribution in [0.3, 0.4) is 0 Å². The highest BCUT2D eigenvalue weighted by Gasteiger charge is 2.28. The third-order valence-corrected chi connectivity index (χ3v) is 7.37. The predicted molar refractivity (Wildman–Crippen MR) is 108 cm³/mol. The normalized spacial score (nSPS) is 19.6. The quantitative estimate of drug-likeness (QED) is 0.712. The molecule has 2 aliphatic rings. The van der Waals surface area contributed by atoms with Crippen LogP contribution in [0.15, 0.2) is 46.7 Å². The largest absolute Gasteiger partial charge is 0.376 e. The van der Waals surface area contributed by atoms with E-state index < -0.39 is 10.0 Å². The smallest absolute Gasteiger partial charge is 0.254 e. The molecule has 1 aliphatic carbocycles. The van der Waals surface area contributed by atoms with Crippen molar-refractivity contribution < 1.29 is 17.9 Å². The highest BCUT2D eigenvalue weighted by Crippen LogP contribution is 2.23. The molecule has 1 saturated carbocycles. The number of thiophene rings is 1. The average molecular weight is 421 g/mol. The molecule has 1 aromatic heterocycles. The molecule has 0 radical (unpaired) electrons. The van der Waals surface area contributed by atoms with Gasteiger partial charge in [0.25, 0.3) is 5.91 Å². The Morgan fingerprint density at radius 2 is 1.96 bits per heavy atom. The maximum Gasteiger partial charge on any atom is 0.254 e. The zero-order valence-electron chi connectivity index (χ0n) is 15.5. The van der Waals surface area contributed by atoms with Crippen LogP contribution in [0.25, 0.3) is 0 Å². The monoisotopic (exact) mass is 420 g/mol. The molecular weight excluding hydrogens is 396 g/mol. The lowest BCUT2D eigenvalue weighted by atomic mass is 10.1. The van der Waals surface area contributed by atoms with Gasteiger partial charge < -0.3 is 9.64 Å². The van der Waals surface area contributed by atoms with Crippen molar-refractivity contribution in [2.24, 2.45) is 0 Å². The fourth-order valence-corrected chi connectivity index (χ4v) is 5.32. The Hall–Kier alpha value is -1.74. The third kappa shape index (κ3) is 4.81. The van der Waals surface area contributed by atoms with Gasteiger partial charge in [-0.1, -0.05) is 6.07 Å². The van der Waals surface area contributed by atoms with Gasteiger partial charge in [0.15, 0.2) is 0 Å². The van der Waals surface area contributed by atoms with Gasteiger partial charge in [-0.05, 0) is 61.4 Å². The van der Waals surface area contributed by atoms with Gasteiger partial charge in [0.1, 0.15) is 0 Å². The van der Waals surface area contributed by atoms with Crippen LogP contribution >= 0.6 is 11.3 Å². The maximum absolute atomic E-state index is 13.1. The first kappa shape index (κ1) is 19.6. The number of nitrogens with one attached hydrogen (secondary N) is 1. The first-order chi connectivity index (χ1) is 13.5. The molecule has 1 amide bonds. The lowest BCUT2D eigenvalue weighted by Gasteiger charge is -2.25. The van der Waals surface area contributed by atoms with Crippen LogP contribution < -0.4 is 4.72 Å². The number of hydrogen-bond donors (Lipinski definition) is 1. The summed E-state index contributed by atoms with van der Waals surface area (Å²) in [4.78, 5) is 16.2. The molecule has 4 rings (SSSR count). The van der Waals surface area contributed by atoms with E-state index in [0.29, 0.717) is 18.7 Å². The molecule has 1 aliphatic heterocycles. The Balaban J connectivity index is 1.50. The van der Waals surface area contributed by atoms with Crippen molar-refractivity contribution in [3.05, 3.63) is 52.2 Å². The Labute approximate surface area is 169 Å². The fraction of sp³-hybridized carbons (Fsp3) is 0.450. The molecule has 28 heavy (non-hydrogen) atoms. The first-order valence-electron chi connectivity index (χ1n) is 9.57. The van der Waals surface area contributed by atoms with Gasteiger partial charge in [-0.3, -0.25) is 4.79 Å². The second-order valence-corrected chi connectivity index (χ2v) is 10.1. The van der Waals surface area contributed by atoms with Crippen LogP contribution in [0.1, 0.15) is 40.9 Å². The van der Waals surface area contributed by atoms with Gasteiger partial charge in [-0.25, -0.2) is 13.1 Å². The van der Waals surface area contributed by atoms with Crippen LogP contribution in [0, 0.1) is 0 Å². The topological polar surface area (TPSA) is 75.7 Å². The zero-order valence-corrected chi connectivity index (χ0v) is 17.2. The van der Waals surface area contributed by atoms with Crippen molar-refractivity contribution >= 4 is 27.3 Å². The highest BCUT2D eigenvalue weighted by molar-refractivity contribution is 7.89. The molecule has 2 aromatic rings. The van der Waals surface area contributed by atoms with E-state index in [1.165, 1.54) is 12.1 Å². The van der Waals surface area contributed by atoms with Crippen molar-refractivity contribution in [2.45, 2.75) is 49.3 Å². The van der Waals surface area contributed by atoms with E-state index in [9.17, 15) is 13.2 Å². The van der Waals surface area contributed by atoms with E-state index in [1.54, 1.807) is 28.4 Å². The lowest BCUT2D eigenvalue weighted by Crippen LogP contribution is -2.36. The van der Waals surface area contributed by atoms with Crippen LogP contribution in [0.5, 0.6) is 0 Å². The number of carbonyl (C=O) groups is 1. The van der Waals surface area contributed by atoms with Gasteiger partial charge >= 0.3 is 0 Å². The Kier molecular flexibility index (Phi) is 5.82. The number of benzene rings is 1. The summed E-state index contributed by atoms with van der Waals surface area (Å²) in [6, 6.07) is 10.3.